The van der Waals surface area contributed by atoms with Gasteiger partial charge in [-0.3, -0.25) is 0 Å². The molecular weight excluding hydrogens is 290 g/mol. The largest absolute Gasteiger partial charge is 0.393 e. The first-order valence-corrected chi connectivity index (χ1v) is 8.11. The molecule has 2 aliphatic heterocycles. The molecule has 0 saturated carbocycles. The number of rotatable bonds is 3. The Hall–Kier alpha value is -1.14. The molecule has 1 N–H and O–H groups in total. The number of aromatic nitrogens is 3. The lowest BCUT2D eigenvalue weighted by atomic mass is 10.0. The van der Waals surface area contributed by atoms with Crippen molar-refractivity contribution in [1.29, 1.82) is 0 Å². The molecule has 0 amide bonds. The van der Waals surface area contributed by atoms with Gasteiger partial charge >= 0.3 is 0 Å². The molecule has 6 nitrogen and oxygen atoms in total. The van der Waals surface area contributed by atoms with Crippen LogP contribution in [0, 0.1) is 5.92 Å². The van der Waals surface area contributed by atoms with Crippen molar-refractivity contribution >= 4 is 23.5 Å². The molecule has 0 aliphatic carbocycles. The van der Waals surface area contributed by atoms with Gasteiger partial charge in [-0.05, 0) is 44.2 Å². The van der Waals surface area contributed by atoms with E-state index >= 15 is 0 Å². The number of halogens is 1. The van der Waals surface area contributed by atoms with Crippen molar-refractivity contribution in [2.45, 2.75) is 38.7 Å². The minimum atomic E-state index is -0.297. The molecule has 1 aromatic heterocycles. The topological polar surface area (TPSA) is 65.4 Å². The zero-order valence-corrected chi connectivity index (χ0v) is 13.1. The number of hydrogen-bond acceptors (Lipinski definition) is 6. The fraction of sp³-hybridized carbons (Fsp3) is 0.786. The van der Waals surface area contributed by atoms with Gasteiger partial charge in [0.25, 0.3) is 0 Å². The normalized spacial score (nSPS) is 24.4. The summed E-state index contributed by atoms with van der Waals surface area (Å²) >= 11 is 6.08. The van der Waals surface area contributed by atoms with Crippen molar-refractivity contribution in [2.75, 3.05) is 36.0 Å². The van der Waals surface area contributed by atoms with E-state index in [1.165, 1.54) is 19.3 Å². The molecule has 3 rings (SSSR count). The van der Waals surface area contributed by atoms with Gasteiger partial charge in [-0.2, -0.15) is 15.0 Å². The fourth-order valence-corrected chi connectivity index (χ4v) is 3.22. The zero-order chi connectivity index (χ0) is 14.8. The Bertz CT molecular complexity index is 492. The second-order valence-corrected chi connectivity index (χ2v) is 6.33. The Labute approximate surface area is 130 Å². The van der Waals surface area contributed by atoms with E-state index in [1.807, 2.05) is 6.92 Å². The van der Waals surface area contributed by atoms with Crippen molar-refractivity contribution < 1.29 is 5.11 Å². The molecule has 0 bridgehead atoms. The monoisotopic (exact) mass is 311 g/mol. The molecule has 0 radical (unpaired) electrons. The van der Waals surface area contributed by atoms with E-state index in [0.29, 0.717) is 11.9 Å². The molecule has 2 aliphatic rings. The molecule has 1 aromatic rings. The van der Waals surface area contributed by atoms with E-state index in [2.05, 4.69) is 24.8 Å². The summed E-state index contributed by atoms with van der Waals surface area (Å²) in [4.78, 5) is 17.4. The van der Waals surface area contributed by atoms with Crippen LogP contribution in [0.25, 0.3) is 0 Å². The molecular formula is C14H22ClN5O. The molecule has 116 valence electrons. The van der Waals surface area contributed by atoms with Gasteiger partial charge in [-0.15, -0.1) is 0 Å². The van der Waals surface area contributed by atoms with Crippen LogP contribution in [0.2, 0.25) is 5.28 Å². The van der Waals surface area contributed by atoms with Gasteiger partial charge in [0.15, 0.2) is 0 Å². The van der Waals surface area contributed by atoms with Crippen molar-refractivity contribution in [2.24, 2.45) is 5.92 Å². The molecule has 21 heavy (non-hydrogen) atoms. The van der Waals surface area contributed by atoms with E-state index < -0.39 is 0 Å². The Balaban J connectivity index is 1.78. The second-order valence-electron chi connectivity index (χ2n) is 5.99. The van der Waals surface area contributed by atoms with Gasteiger partial charge in [0.05, 0.1) is 6.10 Å². The first-order chi connectivity index (χ1) is 10.1. The van der Waals surface area contributed by atoms with E-state index in [9.17, 15) is 5.11 Å². The summed E-state index contributed by atoms with van der Waals surface area (Å²) in [5.41, 5.74) is 0. The quantitative estimate of drug-likeness (QED) is 0.917. The molecule has 3 heterocycles. The number of aliphatic hydroxyl groups is 1. The molecule has 2 unspecified atom stereocenters. The van der Waals surface area contributed by atoms with Gasteiger partial charge in [-0.1, -0.05) is 0 Å². The van der Waals surface area contributed by atoms with Gasteiger partial charge in [0.2, 0.25) is 17.2 Å². The van der Waals surface area contributed by atoms with Crippen LogP contribution in [0.4, 0.5) is 11.9 Å². The zero-order valence-electron chi connectivity index (χ0n) is 12.4. The van der Waals surface area contributed by atoms with Crippen LogP contribution in [0.5, 0.6) is 0 Å². The second kappa shape index (κ2) is 6.32. The van der Waals surface area contributed by atoms with Crippen LogP contribution in [-0.4, -0.2) is 52.3 Å². The summed E-state index contributed by atoms with van der Waals surface area (Å²) in [5.74, 6) is 1.60. The van der Waals surface area contributed by atoms with Crippen molar-refractivity contribution in [3.63, 3.8) is 0 Å². The van der Waals surface area contributed by atoms with Gasteiger partial charge in [-0.25, -0.2) is 0 Å². The maximum absolute atomic E-state index is 9.72. The van der Waals surface area contributed by atoms with Crippen molar-refractivity contribution in [1.82, 2.24) is 15.0 Å². The third-order valence-electron chi connectivity index (χ3n) is 4.41. The van der Waals surface area contributed by atoms with E-state index in [-0.39, 0.29) is 17.3 Å². The number of nitrogens with zero attached hydrogens (tertiary/aromatic N) is 5. The Morgan fingerprint density at radius 1 is 1.05 bits per heavy atom. The predicted molar refractivity (Wildman–Crippen MR) is 82.9 cm³/mol. The summed E-state index contributed by atoms with van der Waals surface area (Å²) in [6.45, 7) is 5.44. The molecule has 7 heteroatoms. The van der Waals surface area contributed by atoms with Crippen LogP contribution in [0.3, 0.4) is 0 Å². The third-order valence-corrected chi connectivity index (χ3v) is 4.58. The lowest BCUT2D eigenvalue weighted by Crippen LogP contribution is -2.32. The van der Waals surface area contributed by atoms with Crippen LogP contribution >= 0.6 is 11.6 Å². The highest BCUT2D eigenvalue weighted by Gasteiger charge is 2.28. The summed E-state index contributed by atoms with van der Waals surface area (Å²) in [7, 11) is 0. The minimum Gasteiger partial charge on any atom is -0.393 e. The van der Waals surface area contributed by atoms with Gasteiger partial charge in [0, 0.05) is 32.1 Å². The molecule has 0 spiro atoms. The molecule has 2 saturated heterocycles. The summed E-state index contributed by atoms with van der Waals surface area (Å²) < 4.78 is 0. The van der Waals surface area contributed by atoms with Gasteiger partial charge in [0.1, 0.15) is 0 Å². The first kappa shape index (κ1) is 14.8. The van der Waals surface area contributed by atoms with E-state index in [4.69, 9.17) is 11.6 Å². The molecule has 2 fully saturated rings. The fourth-order valence-electron chi connectivity index (χ4n) is 3.07. The summed E-state index contributed by atoms with van der Waals surface area (Å²) in [6.07, 6.45) is 4.28. The highest BCUT2D eigenvalue weighted by atomic mass is 35.5. The predicted octanol–water partition coefficient (Wildman–Crippen LogP) is 1.72. The van der Waals surface area contributed by atoms with Crippen LogP contribution in [-0.2, 0) is 0 Å². The standard InChI is InChI=1S/C14H22ClN5O/c1-10(21)11-5-8-20(9-11)14-17-12(15)16-13(18-14)19-6-3-2-4-7-19/h10-11,21H,2-9H2,1H3. The van der Waals surface area contributed by atoms with E-state index in [1.54, 1.807) is 0 Å². The number of piperidine rings is 1. The smallest absolute Gasteiger partial charge is 0.231 e. The van der Waals surface area contributed by atoms with Crippen LogP contribution in [0.1, 0.15) is 32.6 Å². The molecule has 2 atom stereocenters. The Morgan fingerprint density at radius 2 is 1.71 bits per heavy atom. The lowest BCUT2D eigenvalue weighted by Gasteiger charge is -2.27. The van der Waals surface area contributed by atoms with Crippen molar-refractivity contribution in [3.05, 3.63) is 5.28 Å². The number of anilines is 2. The van der Waals surface area contributed by atoms with E-state index in [0.717, 1.165) is 32.6 Å². The van der Waals surface area contributed by atoms with Crippen molar-refractivity contribution in [3.8, 4) is 0 Å². The number of hydrogen-bond donors (Lipinski definition) is 1. The third kappa shape index (κ3) is 3.37. The first-order valence-electron chi connectivity index (χ1n) is 7.73. The Kier molecular flexibility index (Phi) is 4.45. The highest BCUT2D eigenvalue weighted by Crippen LogP contribution is 2.26. The lowest BCUT2D eigenvalue weighted by molar-refractivity contribution is 0.136. The SMILES string of the molecule is CC(O)C1CCN(c2nc(Cl)nc(N3CCCCC3)n2)C1. The Morgan fingerprint density at radius 3 is 2.33 bits per heavy atom. The molecule has 0 aromatic carbocycles. The van der Waals surface area contributed by atoms with Crippen LogP contribution < -0.4 is 9.80 Å². The average Bonchev–Trinajstić information content (AvgIpc) is 2.98. The van der Waals surface area contributed by atoms with Gasteiger partial charge < -0.3 is 14.9 Å². The number of aliphatic hydroxyl groups excluding tert-OH is 1. The highest BCUT2D eigenvalue weighted by molar-refractivity contribution is 6.28. The summed E-state index contributed by atoms with van der Waals surface area (Å²) in [6, 6.07) is 0. The minimum absolute atomic E-state index is 0.251. The average molecular weight is 312 g/mol. The maximum atomic E-state index is 9.72. The maximum Gasteiger partial charge on any atom is 0.231 e. The van der Waals surface area contributed by atoms with Crippen LogP contribution in [0.15, 0.2) is 0 Å². The summed E-state index contributed by atoms with van der Waals surface area (Å²) in [5, 5.41) is 9.97.